The second-order valence-corrected chi connectivity index (χ2v) is 7.14. The minimum absolute atomic E-state index is 0. The number of nitrogens with zero attached hydrogens (tertiary/aromatic N) is 1. The summed E-state index contributed by atoms with van der Waals surface area (Å²) in [5.41, 5.74) is 5.79. The first-order valence-electron chi connectivity index (χ1n) is 6.73. The van der Waals surface area contributed by atoms with E-state index in [4.69, 9.17) is 5.73 Å². The van der Waals surface area contributed by atoms with Crippen LogP contribution in [-0.4, -0.2) is 50.6 Å². The lowest BCUT2D eigenvalue weighted by atomic mass is 9.99. The Morgan fingerprint density at radius 1 is 1.35 bits per heavy atom. The van der Waals surface area contributed by atoms with Crippen LogP contribution >= 0.6 is 12.4 Å². The summed E-state index contributed by atoms with van der Waals surface area (Å²) in [6.45, 7) is 6.37. The molecule has 0 aromatic rings. The SMILES string of the molecule is CCC(C)C(N)C(=O)NCCCN(C)S(=O)(=O)CC.Cl. The van der Waals surface area contributed by atoms with Gasteiger partial charge in [-0.05, 0) is 19.3 Å². The Bertz CT molecular complexity index is 376. The molecule has 2 atom stereocenters. The van der Waals surface area contributed by atoms with Gasteiger partial charge in [0, 0.05) is 20.1 Å². The van der Waals surface area contributed by atoms with E-state index < -0.39 is 16.1 Å². The smallest absolute Gasteiger partial charge is 0.237 e. The van der Waals surface area contributed by atoms with Gasteiger partial charge in [0.15, 0.2) is 0 Å². The molecular weight excluding hydrogens is 302 g/mol. The van der Waals surface area contributed by atoms with Gasteiger partial charge in [-0.15, -0.1) is 12.4 Å². The highest BCUT2D eigenvalue weighted by atomic mass is 35.5. The van der Waals surface area contributed by atoms with Gasteiger partial charge < -0.3 is 11.1 Å². The lowest BCUT2D eigenvalue weighted by molar-refractivity contribution is -0.123. The Kier molecular flexibility index (Phi) is 11.4. The molecule has 2 unspecified atom stereocenters. The lowest BCUT2D eigenvalue weighted by Gasteiger charge is -2.19. The fourth-order valence-corrected chi connectivity index (χ4v) is 2.35. The molecule has 0 aromatic heterocycles. The van der Waals surface area contributed by atoms with Crippen molar-refractivity contribution in [3.05, 3.63) is 0 Å². The molecule has 0 saturated carbocycles. The van der Waals surface area contributed by atoms with Crippen molar-refractivity contribution in [1.82, 2.24) is 9.62 Å². The third-order valence-electron chi connectivity index (χ3n) is 3.35. The van der Waals surface area contributed by atoms with Gasteiger partial charge in [-0.1, -0.05) is 20.3 Å². The number of halogens is 1. The zero-order chi connectivity index (χ0) is 15.1. The zero-order valence-corrected chi connectivity index (χ0v) is 14.4. The maximum Gasteiger partial charge on any atom is 0.237 e. The van der Waals surface area contributed by atoms with Gasteiger partial charge in [0.2, 0.25) is 15.9 Å². The van der Waals surface area contributed by atoms with Gasteiger partial charge in [0.05, 0.1) is 11.8 Å². The standard InChI is InChI=1S/C12H27N3O3S.ClH/c1-5-10(3)11(13)12(16)14-8-7-9-15(4)19(17,18)6-2;/h10-11H,5-9,13H2,1-4H3,(H,14,16);1H. The Labute approximate surface area is 128 Å². The molecule has 8 heteroatoms. The summed E-state index contributed by atoms with van der Waals surface area (Å²) in [6.07, 6.45) is 1.43. The van der Waals surface area contributed by atoms with Crippen molar-refractivity contribution in [3.63, 3.8) is 0 Å². The van der Waals surface area contributed by atoms with Gasteiger partial charge in [-0.3, -0.25) is 4.79 Å². The van der Waals surface area contributed by atoms with Crippen LogP contribution in [0.2, 0.25) is 0 Å². The molecule has 6 nitrogen and oxygen atoms in total. The first-order valence-corrected chi connectivity index (χ1v) is 8.34. The van der Waals surface area contributed by atoms with E-state index in [9.17, 15) is 13.2 Å². The predicted molar refractivity (Wildman–Crippen MR) is 84.4 cm³/mol. The second kappa shape index (κ2) is 10.4. The Morgan fingerprint density at radius 2 is 1.90 bits per heavy atom. The van der Waals surface area contributed by atoms with Gasteiger partial charge >= 0.3 is 0 Å². The Balaban J connectivity index is 0. The van der Waals surface area contributed by atoms with E-state index in [1.165, 1.54) is 4.31 Å². The Hall–Kier alpha value is -0.370. The van der Waals surface area contributed by atoms with Crippen LogP contribution in [0.4, 0.5) is 0 Å². The van der Waals surface area contributed by atoms with E-state index in [-0.39, 0.29) is 30.0 Å². The van der Waals surface area contributed by atoms with Crippen molar-refractivity contribution >= 4 is 28.3 Å². The number of carbonyl (C=O) groups excluding carboxylic acids is 1. The van der Waals surface area contributed by atoms with Crippen LogP contribution in [-0.2, 0) is 14.8 Å². The number of nitrogens with one attached hydrogen (secondary N) is 1. The van der Waals surface area contributed by atoms with Crippen LogP contribution in [0, 0.1) is 5.92 Å². The minimum Gasteiger partial charge on any atom is -0.355 e. The van der Waals surface area contributed by atoms with Gasteiger partial charge in [0.1, 0.15) is 0 Å². The van der Waals surface area contributed by atoms with Gasteiger partial charge in [0.25, 0.3) is 0 Å². The van der Waals surface area contributed by atoms with E-state index in [1.807, 2.05) is 13.8 Å². The fraction of sp³-hybridized carbons (Fsp3) is 0.917. The van der Waals surface area contributed by atoms with Crippen molar-refractivity contribution < 1.29 is 13.2 Å². The van der Waals surface area contributed by atoms with Crippen LogP contribution < -0.4 is 11.1 Å². The summed E-state index contributed by atoms with van der Waals surface area (Å²) in [7, 11) is -1.59. The Morgan fingerprint density at radius 3 is 2.35 bits per heavy atom. The molecule has 0 saturated heterocycles. The van der Waals surface area contributed by atoms with E-state index in [1.54, 1.807) is 14.0 Å². The molecule has 0 aliphatic carbocycles. The molecule has 0 rings (SSSR count). The molecule has 3 N–H and O–H groups in total. The number of carbonyl (C=O) groups is 1. The van der Waals surface area contributed by atoms with E-state index >= 15 is 0 Å². The number of amides is 1. The topological polar surface area (TPSA) is 92.5 Å². The maximum absolute atomic E-state index is 11.7. The van der Waals surface area contributed by atoms with Crippen LogP contribution in [0.5, 0.6) is 0 Å². The molecule has 0 radical (unpaired) electrons. The number of nitrogens with two attached hydrogens (primary N) is 1. The van der Waals surface area contributed by atoms with Crippen molar-refractivity contribution in [1.29, 1.82) is 0 Å². The van der Waals surface area contributed by atoms with Crippen molar-refractivity contribution in [2.75, 3.05) is 25.9 Å². The average molecular weight is 330 g/mol. The molecule has 0 aliphatic heterocycles. The highest BCUT2D eigenvalue weighted by Crippen LogP contribution is 2.05. The quantitative estimate of drug-likeness (QED) is 0.605. The summed E-state index contributed by atoms with van der Waals surface area (Å²) in [5, 5.41) is 2.74. The van der Waals surface area contributed by atoms with E-state index in [0.717, 1.165) is 6.42 Å². The van der Waals surface area contributed by atoms with Gasteiger partial charge in [-0.2, -0.15) is 0 Å². The largest absolute Gasteiger partial charge is 0.355 e. The molecule has 122 valence electrons. The molecule has 0 bridgehead atoms. The van der Waals surface area contributed by atoms with Crippen LogP contribution in [0.25, 0.3) is 0 Å². The predicted octanol–water partition coefficient (Wildman–Crippen LogP) is 0.569. The monoisotopic (exact) mass is 329 g/mol. The highest BCUT2D eigenvalue weighted by Gasteiger charge is 2.19. The average Bonchev–Trinajstić information content (AvgIpc) is 2.40. The number of rotatable bonds is 9. The molecule has 0 heterocycles. The molecule has 0 aromatic carbocycles. The summed E-state index contributed by atoms with van der Waals surface area (Å²) in [5.74, 6) is 0.0628. The number of hydrogen-bond acceptors (Lipinski definition) is 4. The lowest BCUT2D eigenvalue weighted by Crippen LogP contribution is -2.45. The molecule has 0 fully saturated rings. The fourth-order valence-electron chi connectivity index (χ4n) is 1.50. The van der Waals surface area contributed by atoms with Gasteiger partial charge in [-0.25, -0.2) is 12.7 Å². The van der Waals surface area contributed by atoms with Crippen LogP contribution in [0.3, 0.4) is 0 Å². The molecule has 20 heavy (non-hydrogen) atoms. The maximum atomic E-state index is 11.7. The molecule has 0 aliphatic rings. The molecular formula is C12H28ClN3O3S. The number of sulfonamides is 1. The van der Waals surface area contributed by atoms with Crippen molar-refractivity contribution in [3.8, 4) is 0 Å². The third-order valence-corrected chi connectivity index (χ3v) is 5.21. The highest BCUT2D eigenvalue weighted by molar-refractivity contribution is 7.89. The zero-order valence-electron chi connectivity index (χ0n) is 12.8. The summed E-state index contributed by atoms with van der Waals surface area (Å²) in [4.78, 5) is 11.7. The summed E-state index contributed by atoms with van der Waals surface area (Å²) in [6, 6.07) is -0.498. The first kappa shape index (κ1) is 21.9. The minimum atomic E-state index is -3.14. The van der Waals surface area contributed by atoms with E-state index in [0.29, 0.717) is 19.5 Å². The first-order chi connectivity index (χ1) is 8.76. The summed E-state index contributed by atoms with van der Waals surface area (Å²) >= 11 is 0. The van der Waals surface area contributed by atoms with Crippen LogP contribution in [0.15, 0.2) is 0 Å². The molecule has 0 spiro atoms. The molecule has 1 amide bonds. The number of hydrogen-bond donors (Lipinski definition) is 2. The van der Waals surface area contributed by atoms with E-state index in [2.05, 4.69) is 5.32 Å². The normalized spacial score (nSPS) is 14.5. The third kappa shape index (κ3) is 7.42. The van der Waals surface area contributed by atoms with Crippen molar-refractivity contribution in [2.45, 2.75) is 39.7 Å². The van der Waals surface area contributed by atoms with Crippen LogP contribution in [0.1, 0.15) is 33.6 Å². The second-order valence-electron chi connectivity index (χ2n) is 4.78. The van der Waals surface area contributed by atoms with Crippen molar-refractivity contribution in [2.24, 2.45) is 11.7 Å². The summed E-state index contributed by atoms with van der Waals surface area (Å²) < 4.78 is 24.3.